The molecule has 1 aliphatic heterocycles. The van der Waals surface area contributed by atoms with Gasteiger partial charge in [-0.15, -0.1) is 5.10 Å². The summed E-state index contributed by atoms with van der Waals surface area (Å²) < 4.78 is 1.86. The van der Waals surface area contributed by atoms with Gasteiger partial charge in [-0.05, 0) is 74.9 Å². The molecule has 0 spiro atoms. The maximum absolute atomic E-state index is 13.8. The second-order valence-electron chi connectivity index (χ2n) is 10.3. The van der Waals surface area contributed by atoms with E-state index >= 15 is 0 Å². The van der Waals surface area contributed by atoms with Gasteiger partial charge < -0.3 is 10.6 Å². The number of aryl methyl sites for hydroxylation is 5. The molecule has 1 unspecified atom stereocenters. The van der Waals surface area contributed by atoms with E-state index in [0.29, 0.717) is 16.7 Å². The second kappa shape index (κ2) is 11.1. The van der Waals surface area contributed by atoms with E-state index in [4.69, 9.17) is 10.1 Å². The SMILES string of the molecule is CCc1ccc(C2C(C(=O)Nc3ccc(C)cc3C)=C(C)Nc3nc(SCc4cc(C)ccc4C)nn32)cc1. The molecule has 0 fully saturated rings. The number of allylic oxidation sites excluding steroid dienone is 1. The zero-order chi connectivity index (χ0) is 27.7. The minimum atomic E-state index is -0.402. The number of nitrogens with one attached hydrogen (secondary N) is 2. The highest BCUT2D eigenvalue weighted by atomic mass is 32.2. The Hall–Kier alpha value is -3.84. The molecule has 7 heteroatoms. The molecule has 5 rings (SSSR count). The number of hydrogen-bond acceptors (Lipinski definition) is 5. The van der Waals surface area contributed by atoms with Crippen LogP contribution in [0.3, 0.4) is 0 Å². The number of thioether (sulfide) groups is 1. The van der Waals surface area contributed by atoms with Crippen LogP contribution in [0, 0.1) is 27.7 Å². The van der Waals surface area contributed by atoms with Gasteiger partial charge in [0, 0.05) is 17.1 Å². The molecular weight excluding hydrogens is 502 g/mol. The van der Waals surface area contributed by atoms with E-state index in [1.165, 1.54) is 22.3 Å². The van der Waals surface area contributed by atoms with Crippen LogP contribution in [0.25, 0.3) is 0 Å². The molecule has 6 nitrogen and oxygen atoms in total. The van der Waals surface area contributed by atoms with Gasteiger partial charge >= 0.3 is 0 Å². The second-order valence-corrected chi connectivity index (χ2v) is 11.3. The molecule has 0 aliphatic carbocycles. The summed E-state index contributed by atoms with van der Waals surface area (Å²) in [4.78, 5) is 18.7. The Morgan fingerprint density at radius 2 is 1.67 bits per heavy atom. The van der Waals surface area contributed by atoms with E-state index in [2.05, 4.69) is 86.9 Å². The molecule has 1 atom stereocenters. The average Bonchev–Trinajstić information content (AvgIpc) is 3.32. The van der Waals surface area contributed by atoms with Crippen LogP contribution in [0.15, 0.2) is 77.1 Å². The van der Waals surface area contributed by atoms with Gasteiger partial charge in [-0.2, -0.15) is 4.98 Å². The van der Waals surface area contributed by atoms with Crippen molar-refractivity contribution in [2.75, 3.05) is 10.6 Å². The number of rotatable bonds is 7. The van der Waals surface area contributed by atoms with Crippen molar-refractivity contribution in [3.8, 4) is 0 Å². The first kappa shape index (κ1) is 26.8. The van der Waals surface area contributed by atoms with E-state index < -0.39 is 6.04 Å². The van der Waals surface area contributed by atoms with Crippen LogP contribution >= 0.6 is 11.8 Å². The predicted octanol–water partition coefficient (Wildman–Crippen LogP) is 7.29. The Morgan fingerprint density at radius 1 is 0.949 bits per heavy atom. The lowest BCUT2D eigenvalue weighted by molar-refractivity contribution is -0.113. The van der Waals surface area contributed by atoms with E-state index in [9.17, 15) is 4.79 Å². The lowest BCUT2D eigenvalue weighted by Crippen LogP contribution is -2.31. The number of aromatic nitrogens is 3. The van der Waals surface area contributed by atoms with Gasteiger partial charge in [0.05, 0.1) is 5.57 Å². The monoisotopic (exact) mass is 537 g/mol. The highest BCUT2D eigenvalue weighted by molar-refractivity contribution is 7.98. The fraction of sp³-hybridized carbons (Fsp3) is 0.281. The number of anilines is 2. The third kappa shape index (κ3) is 5.64. The quantitative estimate of drug-likeness (QED) is 0.242. The van der Waals surface area contributed by atoms with Crippen molar-refractivity contribution in [2.45, 2.75) is 64.9 Å². The Bertz CT molecular complexity index is 1570. The summed E-state index contributed by atoms with van der Waals surface area (Å²) in [6.45, 7) is 12.4. The summed E-state index contributed by atoms with van der Waals surface area (Å²) in [5.41, 5.74) is 10.4. The summed E-state index contributed by atoms with van der Waals surface area (Å²) >= 11 is 1.61. The zero-order valence-electron chi connectivity index (χ0n) is 23.4. The Morgan fingerprint density at radius 3 is 2.38 bits per heavy atom. The molecule has 1 amide bonds. The normalized spacial score (nSPS) is 14.7. The minimum Gasteiger partial charge on any atom is -0.328 e. The van der Waals surface area contributed by atoms with Crippen LogP contribution in [-0.4, -0.2) is 20.7 Å². The highest BCUT2D eigenvalue weighted by Crippen LogP contribution is 2.37. The number of benzene rings is 3. The fourth-order valence-corrected chi connectivity index (χ4v) is 5.86. The number of carbonyl (C=O) groups is 1. The van der Waals surface area contributed by atoms with Crippen LogP contribution in [0.1, 0.15) is 58.8 Å². The summed E-state index contributed by atoms with van der Waals surface area (Å²) in [5, 5.41) is 12.1. The molecule has 0 radical (unpaired) electrons. The van der Waals surface area contributed by atoms with Gasteiger partial charge in [-0.3, -0.25) is 4.79 Å². The Labute approximate surface area is 234 Å². The molecule has 2 heterocycles. The standard InChI is InChI=1S/C32H35N5OS/c1-7-24-11-13-25(14-12-24)29-28(30(38)34-27-15-9-19(2)16-22(27)5)23(6)33-31-35-32(36-37(29)31)39-18-26-17-20(3)8-10-21(26)4/h8-17,29H,7,18H2,1-6H3,(H,34,38)(H,33,35,36). The van der Waals surface area contributed by atoms with Gasteiger partial charge in [0.2, 0.25) is 11.1 Å². The van der Waals surface area contributed by atoms with Crippen molar-refractivity contribution in [2.24, 2.45) is 0 Å². The smallest absolute Gasteiger partial charge is 0.255 e. The van der Waals surface area contributed by atoms with Crippen LogP contribution in [-0.2, 0) is 17.0 Å². The summed E-state index contributed by atoms with van der Waals surface area (Å²) in [6, 6.07) is 20.6. The van der Waals surface area contributed by atoms with Gasteiger partial charge in [0.25, 0.3) is 5.91 Å². The third-order valence-electron chi connectivity index (χ3n) is 7.27. The zero-order valence-corrected chi connectivity index (χ0v) is 24.2. The number of nitrogens with zero attached hydrogens (tertiary/aromatic N) is 3. The van der Waals surface area contributed by atoms with Gasteiger partial charge in [-0.25, -0.2) is 4.68 Å². The summed E-state index contributed by atoms with van der Waals surface area (Å²) in [6.07, 6.45) is 0.954. The fourth-order valence-electron chi connectivity index (χ4n) is 4.97. The summed E-state index contributed by atoms with van der Waals surface area (Å²) in [7, 11) is 0. The molecule has 4 aromatic rings. The maximum atomic E-state index is 13.8. The van der Waals surface area contributed by atoms with Crippen molar-refractivity contribution < 1.29 is 4.79 Å². The van der Waals surface area contributed by atoms with Crippen molar-refractivity contribution in [1.29, 1.82) is 0 Å². The van der Waals surface area contributed by atoms with Crippen LogP contribution < -0.4 is 10.6 Å². The lowest BCUT2D eigenvalue weighted by atomic mass is 9.94. The molecule has 200 valence electrons. The van der Waals surface area contributed by atoms with Crippen molar-refractivity contribution >= 4 is 29.3 Å². The lowest BCUT2D eigenvalue weighted by Gasteiger charge is -2.29. The molecule has 0 saturated carbocycles. The number of carbonyl (C=O) groups excluding carboxylic acids is 1. The Kier molecular flexibility index (Phi) is 7.62. The summed E-state index contributed by atoms with van der Waals surface area (Å²) in [5.74, 6) is 1.27. The van der Waals surface area contributed by atoms with Crippen molar-refractivity contribution in [1.82, 2.24) is 14.8 Å². The largest absolute Gasteiger partial charge is 0.328 e. The average molecular weight is 538 g/mol. The molecular formula is C32H35N5OS. The first-order valence-electron chi connectivity index (χ1n) is 13.3. The van der Waals surface area contributed by atoms with E-state index in [1.54, 1.807) is 11.8 Å². The highest BCUT2D eigenvalue weighted by Gasteiger charge is 2.34. The molecule has 1 aliphatic rings. The van der Waals surface area contributed by atoms with Crippen LogP contribution in [0.5, 0.6) is 0 Å². The van der Waals surface area contributed by atoms with Gasteiger partial charge in [0.15, 0.2) is 0 Å². The maximum Gasteiger partial charge on any atom is 0.255 e. The third-order valence-corrected chi connectivity index (χ3v) is 8.16. The first-order chi connectivity index (χ1) is 18.7. The first-order valence-corrected chi connectivity index (χ1v) is 14.3. The topological polar surface area (TPSA) is 71.8 Å². The minimum absolute atomic E-state index is 0.151. The number of fused-ring (bicyclic) bond motifs is 1. The van der Waals surface area contributed by atoms with Crippen LogP contribution in [0.4, 0.5) is 11.6 Å². The van der Waals surface area contributed by atoms with E-state index in [-0.39, 0.29) is 5.91 Å². The molecule has 2 N–H and O–H groups in total. The molecule has 1 aromatic heterocycles. The number of hydrogen-bond donors (Lipinski definition) is 2. The van der Waals surface area contributed by atoms with E-state index in [0.717, 1.165) is 40.2 Å². The van der Waals surface area contributed by atoms with E-state index in [1.807, 2.05) is 30.7 Å². The van der Waals surface area contributed by atoms with Gasteiger partial charge in [-0.1, -0.05) is 84.4 Å². The molecule has 3 aromatic carbocycles. The molecule has 0 bridgehead atoms. The van der Waals surface area contributed by atoms with Crippen LogP contribution in [0.2, 0.25) is 0 Å². The van der Waals surface area contributed by atoms with Crippen molar-refractivity contribution in [3.05, 3.63) is 111 Å². The van der Waals surface area contributed by atoms with Gasteiger partial charge in [0.1, 0.15) is 6.04 Å². The molecule has 39 heavy (non-hydrogen) atoms. The predicted molar refractivity (Wildman–Crippen MR) is 160 cm³/mol. The molecule has 0 saturated heterocycles. The Balaban J connectivity index is 1.50. The van der Waals surface area contributed by atoms with Crippen molar-refractivity contribution in [3.63, 3.8) is 0 Å². The number of amides is 1.